The summed E-state index contributed by atoms with van der Waals surface area (Å²) in [7, 11) is 1.95. The molecule has 1 aromatic carbocycles. The Morgan fingerprint density at radius 2 is 2.12 bits per heavy atom. The fourth-order valence-electron chi connectivity index (χ4n) is 2.02. The molecule has 0 aliphatic rings. The van der Waals surface area contributed by atoms with Gasteiger partial charge in [-0.25, -0.2) is 0 Å². The number of hydrogen-bond donors (Lipinski definition) is 1. The zero-order valence-electron chi connectivity index (χ0n) is 10.6. The van der Waals surface area contributed by atoms with Gasteiger partial charge in [0.25, 0.3) is 0 Å². The third-order valence-corrected chi connectivity index (χ3v) is 2.92. The first-order chi connectivity index (χ1) is 8.28. The van der Waals surface area contributed by atoms with Crippen molar-refractivity contribution in [1.29, 1.82) is 0 Å². The molecule has 1 heterocycles. The van der Waals surface area contributed by atoms with Crippen molar-refractivity contribution in [2.45, 2.75) is 26.3 Å². The normalized spacial score (nSPS) is 12.9. The number of fused-ring (bicyclic) bond motifs is 1. The quantitative estimate of drug-likeness (QED) is 0.858. The Kier molecular flexibility index (Phi) is 3.69. The van der Waals surface area contributed by atoms with Gasteiger partial charge < -0.3 is 14.5 Å². The van der Waals surface area contributed by atoms with Crippen molar-refractivity contribution in [1.82, 2.24) is 5.32 Å². The smallest absolute Gasteiger partial charge is 0.134 e. The fraction of sp³-hybridized carbons (Fsp3) is 0.429. The van der Waals surface area contributed by atoms with E-state index in [1.165, 1.54) is 0 Å². The van der Waals surface area contributed by atoms with Crippen LogP contribution in [-0.2, 0) is 0 Å². The summed E-state index contributed by atoms with van der Waals surface area (Å²) in [4.78, 5) is 0. The van der Waals surface area contributed by atoms with E-state index in [2.05, 4.69) is 18.3 Å². The minimum Gasteiger partial charge on any atom is -0.494 e. The van der Waals surface area contributed by atoms with Crippen LogP contribution in [-0.4, -0.2) is 13.7 Å². The zero-order chi connectivity index (χ0) is 12.3. The molecule has 0 amide bonds. The van der Waals surface area contributed by atoms with Crippen LogP contribution in [0.5, 0.6) is 5.75 Å². The molecule has 3 heteroatoms. The van der Waals surface area contributed by atoms with Crippen molar-refractivity contribution in [3.8, 4) is 5.75 Å². The lowest BCUT2D eigenvalue weighted by molar-refractivity contribution is 0.340. The minimum atomic E-state index is 0.276. The number of rotatable bonds is 5. The van der Waals surface area contributed by atoms with E-state index in [-0.39, 0.29) is 6.04 Å². The molecular formula is C14H19NO2. The summed E-state index contributed by atoms with van der Waals surface area (Å²) in [5.74, 6) is 1.88. The number of nitrogens with one attached hydrogen (secondary N) is 1. The van der Waals surface area contributed by atoms with Gasteiger partial charge in [0.2, 0.25) is 0 Å². The van der Waals surface area contributed by atoms with Gasteiger partial charge in [-0.15, -0.1) is 0 Å². The lowest BCUT2D eigenvalue weighted by atomic mass is 10.1. The van der Waals surface area contributed by atoms with Crippen LogP contribution >= 0.6 is 0 Å². The monoisotopic (exact) mass is 233 g/mol. The Labute approximate surface area is 102 Å². The molecule has 0 fully saturated rings. The van der Waals surface area contributed by atoms with Gasteiger partial charge in [-0.2, -0.15) is 0 Å². The molecule has 17 heavy (non-hydrogen) atoms. The average molecular weight is 233 g/mol. The summed E-state index contributed by atoms with van der Waals surface area (Å²) < 4.78 is 11.3. The first-order valence-corrected chi connectivity index (χ1v) is 6.12. The summed E-state index contributed by atoms with van der Waals surface area (Å²) in [6.07, 6.45) is 1.01. The van der Waals surface area contributed by atoms with Crippen molar-refractivity contribution >= 4 is 11.0 Å². The molecule has 0 aliphatic heterocycles. The van der Waals surface area contributed by atoms with Gasteiger partial charge in [-0.3, -0.25) is 0 Å². The van der Waals surface area contributed by atoms with Crippen LogP contribution in [0.3, 0.4) is 0 Å². The third kappa shape index (κ3) is 2.44. The van der Waals surface area contributed by atoms with Crippen LogP contribution in [0.4, 0.5) is 0 Å². The number of hydrogen-bond acceptors (Lipinski definition) is 3. The molecule has 0 spiro atoms. The van der Waals surface area contributed by atoms with E-state index in [1.807, 2.05) is 32.2 Å². The van der Waals surface area contributed by atoms with E-state index in [0.29, 0.717) is 6.61 Å². The minimum absolute atomic E-state index is 0.276. The molecule has 0 saturated heterocycles. The van der Waals surface area contributed by atoms with E-state index in [4.69, 9.17) is 9.15 Å². The standard InChI is InChI=1S/C14H19NO2/c1-4-12(15-3)14-9-10-8-11(16-5-2)6-7-13(10)17-14/h6-9,12,15H,4-5H2,1-3H3. The maximum absolute atomic E-state index is 5.83. The summed E-state index contributed by atoms with van der Waals surface area (Å²) in [5.41, 5.74) is 0.914. The molecule has 0 bridgehead atoms. The molecule has 1 N–H and O–H groups in total. The molecule has 3 nitrogen and oxygen atoms in total. The van der Waals surface area contributed by atoms with Gasteiger partial charge in [-0.05, 0) is 44.7 Å². The highest BCUT2D eigenvalue weighted by Crippen LogP contribution is 2.28. The summed E-state index contributed by atoms with van der Waals surface area (Å²) in [6, 6.07) is 8.29. The Morgan fingerprint density at radius 1 is 1.29 bits per heavy atom. The van der Waals surface area contributed by atoms with Crippen LogP contribution in [0.2, 0.25) is 0 Å². The van der Waals surface area contributed by atoms with Crippen LogP contribution in [0.15, 0.2) is 28.7 Å². The van der Waals surface area contributed by atoms with E-state index in [1.54, 1.807) is 0 Å². The number of benzene rings is 1. The van der Waals surface area contributed by atoms with Crippen molar-refractivity contribution in [2.24, 2.45) is 0 Å². The van der Waals surface area contributed by atoms with E-state index in [9.17, 15) is 0 Å². The average Bonchev–Trinajstić information content (AvgIpc) is 2.74. The first kappa shape index (κ1) is 12.0. The van der Waals surface area contributed by atoms with Gasteiger partial charge in [0.15, 0.2) is 0 Å². The van der Waals surface area contributed by atoms with Crippen LogP contribution in [0.1, 0.15) is 32.1 Å². The molecule has 1 atom stereocenters. The molecule has 0 saturated carbocycles. The van der Waals surface area contributed by atoms with E-state index >= 15 is 0 Å². The SMILES string of the molecule is CCOc1ccc2oc(C(CC)NC)cc2c1. The molecule has 1 unspecified atom stereocenters. The topological polar surface area (TPSA) is 34.4 Å². The third-order valence-electron chi connectivity index (χ3n) is 2.92. The second kappa shape index (κ2) is 5.23. The molecular weight excluding hydrogens is 214 g/mol. The molecule has 1 aromatic heterocycles. The van der Waals surface area contributed by atoms with Crippen molar-refractivity contribution in [2.75, 3.05) is 13.7 Å². The van der Waals surface area contributed by atoms with Crippen molar-refractivity contribution < 1.29 is 9.15 Å². The zero-order valence-corrected chi connectivity index (χ0v) is 10.6. The Hall–Kier alpha value is -1.48. The molecule has 0 aliphatic carbocycles. The van der Waals surface area contributed by atoms with E-state index in [0.717, 1.165) is 28.9 Å². The van der Waals surface area contributed by atoms with Gasteiger partial charge in [0, 0.05) is 5.39 Å². The first-order valence-electron chi connectivity index (χ1n) is 6.12. The van der Waals surface area contributed by atoms with Gasteiger partial charge >= 0.3 is 0 Å². The van der Waals surface area contributed by atoms with Crippen LogP contribution in [0.25, 0.3) is 11.0 Å². The van der Waals surface area contributed by atoms with Crippen molar-refractivity contribution in [3.05, 3.63) is 30.0 Å². The highest BCUT2D eigenvalue weighted by molar-refractivity contribution is 5.79. The second-order valence-corrected chi connectivity index (χ2v) is 4.03. The predicted octanol–water partition coefficient (Wildman–Crippen LogP) is 3.50. The van der Waals surface area contributed by atoms with Gasteiger partial charge in [0.1, 0.15) is 17.1 Å². The summed E-state index contributed by atoms with van der Waals surface area (Å²) >= 11 is 0. The number of furan rings is 1. The second-order valence-electron chi connectivity index (χ2n) is 4.03. The highest BCUT2D eigenvalue weighted by atomic mass is 16.5. The maximum atomic E-state index is 5.83. The lowest BCUT2D eigenvalue weighted by Gasteiger charge is -2.09. The Bertz CT molecular complexity index is 486. The highest BCUT2D eigenvalue weighted by Gasteiger charge is 2.12. The maximum Gasteiger partial charge on any atom is 0.134 e. The molecule has 2 rings (SSSR count). The summed E-state index contributed by atoms with van der Waals surface area (Å²) in [6.45, 7) is 4.81. The van der Waals surface area contributed by atoms with Gasteiger partial charge in [0.05, 0.1) is 12.6 Å². The molecule has 2 aromatic rings. The fourth-order valence-corrected chi connectivity index (χ4v) is 2.02. The largest absolute Gasteiger partial charge is 0.494 e. The van der Waals surface area contributed by atoms with Crippen LogP contribution < -0.4 is 10.1 Å². The molecule has 92 valence electrons. The van der Waals surface area contributed by atoms with Crippen molar-refractivity contribution in [3.63, 3.8) is 0 Å². The predicted molar refractivity (Wildman–Crippen MR) is 69.5 cm³/mol. The number of ether oxygens (including phenoxy) is 1. The summed E-state index contributed by atoms with van der Waals surface area (Å²) in [5, 5.41) is 4.34. The Morgan fingerprint density at radius 3 is 2.76 bits per heavy atom. The Balaban J connectivity index is 2.36. The van der Waals surface area contributed by atoms with E-state index < -0.39 is 0 Å². The van der Waals surface area contributed by atoms with Gasteiger partial charge in [-0.1, -0.05) is 6.92 Å². The molecule has 0 radical (unpaired) electrons. The van der Waals surface area contributed by atoms with Crippen LogP contribution in [0, 0.1) is 0 Å². The lowest BCUT2D eigenvalue weighted by Crippen LogP contribution is -2.14.